The minimum atomic E-state index is 0.476. The molecule has 0 bridgehead atoms. The molecule has 0 aliphatic carbocycles. The lowest BCUT2D eigenvalue weighted by Crippen LogP contribution is -1.98. The van der Waals surface area contributed by atoms with Crippen LogP contribution in [0.1, 0.15) is 11.1 Å². The van der Waals surface area contributed by atoms with Crippen LogP contribution >= 0.6 is 27.5 Å². The molecular weight excluding hydrogens is 314 g/mol. The topological polar surface area (TPSA) is 48.7 Å². The molecule has 0 spiro atoms. The third-order valence-corrected chi connectivity index (χ3v) is 3.10. The van der Waals surface area contributed by atoms with Crippen LogP contribution in [0, 0.1) is 18.3 Å². The van der Waals surface area contributed by atoms with E-state index in [2.05, 4.69) is 32.3 Å². The Labute approximate surface area is 119 Å². The van der Waals surface area contributed by atoms with E-state index in [4.69, 9.17) is 16.9 Å². The maximum atomic E-state index is 9.07. The average Bonchev–Trinajstić information content (AvgIpc) is 2.36. The fourth-order valence-corrected chi connectivity index (χ4v) is 1.98. The molecule has 1 aromatic heterocycles. The Kier molecular flexibility index (Phi) is 3.85. The zero-order valence-electron chi connectivity index (χ0n) is 9.54. The van der Waals surface area contributed by atoms with Crippen LogP contribution in [-0.4, -0.2) is 4.98 Å². The van der Waals surface area contributed by atoms with Crippen LogP contribution in [0.3, 0.4) is 0 Å². The van der Waals surface area contributed by atoms with E-state index in [0.29, 0.717) is 16.4 Å². The van der Waals surface area contributed by atoms with Crippen LogP contribution in [0.15, 0.2) is 34.9 Å². The lowest BCUT2D eigenvalue weighted by Gasteiger charge is -2.10. The fraction of sp³-hybridized carbons (Fsp3) is 0.0769. The SMILES string of the molecule is Cc1ccc(Cl)cc1Nc1ncc(Br)cc1C#N. The molecule has 3 nitrogen and oxygen atoms in total. The van der Waals surface area contributed by atoms with Gasteiger partial charge in [-0.1, -0.05) is 17.7 Å². The summed E-state index contributed by atoms with van der Waals surface area (Å²) < 4.78 is 0.771. The summed E-state index contributed by atoms with van der Waals surface area (Å²) in [7, 11) is 0. The predicted molar refractivity (Wildman–Crippen MR) is 76.1 cm³/mol. The summed E-state index contributed by atoms with van der Waals surface area (Å²) in [5.41, 5.74) is 2.35. The molecule has 1 N–H and O–H groups in total. The zero-order chi connectivity index (χ0) is 13.1. The number of benzene rings is 1. The second-order valence-electron chi connectivity index (χ2n) is 3.75. The van der Waals surface area contributed by atoms with Gasteiger partial charge in [-0.3, -0.25) is 0 Å². The van der Waals surface area contributed by atoms with Crippen molar-refractivity contribution in [1.29, 1.82) is 5.26 Å². The molecule has 0 radical (unpaired) electrons. The largest absolute Gasteiger partial charge is 0.339 e. The summed E-state index contributed by atoms with van der Waals surface area (Å²) in [4.78, 5) is 4.19. The van der Waals surface area contributed by atoms with Crippen molar-refractivity contribution in [1.82, 2.24) is 4.98 Å². The highest BCUT2D eigenvalue weighted by Crippen LogP contribution is 2.25. The third-order valence-electron chi connectivity index (χ3n) is 2.43. The molecule has 2 aromatic rings. The lowest BCUT2D eigenvalue weighted by molar-refractivity contribution is 1.26. The van der Waals surface area contributed by atoms with Crippen molar-refractivity contribution in [2.75, 3.05) is 5.32 Å². The van der Waals surface area contributed by atoms with Crippen molar-refractivity contribution >= 4 is 39.0 Å². The lowest BCUT2D eigenvalue weighted by atomic mass is 10.2. The van der Waals surface area contributed by atoms with Crippen LogP contribution in [0.25, 0.3) is 0 Å². The summed E-state index contributed by atoms with van der Waals surface area (Å²) in [5.74, 6) is 0.520. The van der Waals surface area contributed by atoms with Crippen molar-refractivity contribution in [3.63, 3.8) is 0 Å². The van der Waals surface area contributed by atoms with Crippen LogP contribution in [0.4, 0.5) is 11.5 Å². The molecule has 0 atom stereocenters. The Morgan fingerprint density at radius 3 is 2.89 bits per heavy atom. The molecule has 0 fully saturated rings. The molecule has 90 valence electrons. The second kappa shape index (κ2) is 5.38. The fourth-order valence-electron chi connectivity index (χ4n) is 1.48. The van der Waals surface area contributed by atoms with Gasteiger partial charge in [-0.15, -0.1) is 0 Å². The van der Waals surface area contributed by atoms with Gasteiger partial charge >= 0.3 is 0 Å². The number of nitrogens with zero attached hydrogens (tertiary/aromatic N) is 2. The van der Waals surface area contributed by atoms with E-state index in [1.54, 1.807) is 12.3 Å². The van der Waals surface area contributed by atoms with Crippen LogP contribution in [0.5, 0.6) is 0 Å². The van der Waals surface area contributed by atoms with Crippen molar-refractivity contribution in [3.8, 4) is 6.07 Å². The zero-order valence-corrected chi connectivity index (χ0v) is 11.9. The Morgan fingerprint density at radius 1 is 1.39 bits per heavy atom. The van der Waals surface area contributed by atoms with Gasteiger partial charge < -0.3 is 5.32 Å². The van der Waals surface area contributed by atoms with Gasteiger partial charge in [0.25, 0.3) is 0 Å². The van der Waals surface area contributed by atoms with Gasteiger partial charge in [0.2, 0.25) is 0 Å². The maximum Gasteiger partial charge on any atom is 0.148 e. The minimum absolute atomic E-state index is 0.476. The Hall–Kier alpha value is -1.57. The van der Waals surface area contributed by atoms with E-state index in [1.807, 2.05) is 25.1 Å². The van der Waals surface area contributed by atoms with E-state index in [-0.39, 0.29) is 0 Å². The molecule has 0 aliphatic heterocycles. The first kappa shape index (κ1) is 12.9. The van der Waals surface area contributed by atoms with E-state index in [0.717, 1.165) is 15.7 Å². The molecular formula is C13H9BrClN3. The highest BCUT2D eigenvalue weighted by molar-refractivity contribution is 9.10. The highest BCUT2D eigenvalue weighted by atomic mass is 79.9. The minimum Gasteiger partial charge on any atom is -0.339 e. The monoisotopic (exact) mass is 321 g/mol. The Bertz CT molecular complexity index is 635. The molecule has 1 heterocycles. The van der Waals surface area contributed by atoms with Gasteiger partial charge in [-0.25, -0.2) is 4.98 Å². The number of nitriles is 1. The number of aryl methyl sites for hydroxylation is 1. The molecule has 1 aromatic carbocycles. The highest BCUT2D eigenvalue weighted by Gasteiger charge is 2.07. The van der Waals surface area contributed by atoms with E-state index in [9.17, 15) is 0 Å². The first-order valence-electron chi connectivity index (χ1n) is 5.19. The quantitative estimate of drug-likeness (QED) is 0.890. The van der Waals surface area contributed by atoms with E-state index < -0.39 is 0 Å². The van der Waals surface area contributed by atoms with Gasteiger partial charge in [0.05, 0.1) is 5.56 Å². The summed E-state index contributed by atoms with van der Waals surface area (Å²) >= 11 is 9.24. The second-order valence-corrected chi connectivity index (χ2v) is 5.10. The number of nitrogens with one attached hydrogen (secondary N) is 1. The normalized spacial score (nSPS) is 9.89. The molecule has 2 rings (SSSR count). The van der Waals surface area contributed by atoms with E-state index >= 15 is 0 Å². The Morgan fingerprint density at radius 2 is 2.17 bits per heavy atom. The average molecular weight is 323 g/mol. The standard InChI is InChI=1S/C13H9BrClN3/c1-8-2-3-11(15)5-12(8)18-13-9(6-16)4-10(14)7-17-13/h2-5,7H,1H3,(H,17,18). The first-order chi connectivity index (χ1) is 8.60. The van der Waals surface area contributed by atoms with Crippen molar-refractivity contribution in [3.05, 3.63) is 51.1 Å². The summed E-state index contributed by atoms with van der Waals surface area (Å²) in [6.45, 7) is 1.96. The smallest absolute Gasteiger partial charge is 0.148 e. The van der Waals surface area contributed by atoms with Gasteiger partial charge in [-0.05, 0) is 46.6 Å². The third kappa shape index (κ3) is 2.81. The number of hydrogen-bond donors (Lipinski definition) is 1. The van der Waals surface area contributed by atoms with Crippen molar-refractivity contribution < 1.29 is 0 Å². The molecule has 0 aliphatic rings. The molecule has 0 saturated carbocycles. The number of anilines is 2. The van der Waals surface area contributed by atoms with Crippen LogP contribution in [0.2, 0.25) is 5.02 Å². The summed E-state index contributed by atoms with van der Waals surface area (Å²) in [5, 5.41) is 12.8. The van der Waals surface area contributed by atoms with Crippen LogP contribution < -0.4 is 5.32 Å². The van der Waals surface area contributed by atoms with Crippen molar-refractivity contribution in [2.24, 2.45) is 0 Å². The summed E-state index contributed by atoms with van der Waals surface area (Å²) in [6, 6.07) is 9.36. The number of pyridine rings is 1. The Balaban J connectivity index is 2.40. The number of hydrogen-bond acceptors (Lipinski definition) is 3. The molecule has 18 heavy (non-hydrogen) atoms. The molecule has 0 amide bonds. The van der Waals surface area contributed by atoms with Gasteiger partial charge in [0, 0.05) is 21.4 Å². The van der Waals surface area contributed by atoms with Gasteiger partial charge in [0.15, 0.2) is 0 Å². The first-order valence-corrected chi connectivity index (χ1v) is 6.36. The number of aromatic nitrogens is 1. The number of rotatable bonds is 2. The molecule has 0 saturated heterocycles. The van der Waals surface area contributed by atoms with Crippen LogP contribution in [-0.2, 0) is 0 Å². The molecule has 0 unspecified atom stereocenters. The van der Waals surface area contributed by atoms with Crippen molar-refractivity contribution in [2.45, 2.75) is 6.92 Å². The van der Waals surface area contributed by atoms with Gasteiger partial charge in [0.1, 0.15) is 11.9 Å². The van der Waals surface area contributed by atoms with Gasteiger partial charge in [-0.2, -0.15) is 5.26 Å². The van der Waals surface area contributed by atoms with E-state index in [1.165, 1.54) is 0 Å². The number of halogens is 2. The molecule has 5 heteroatoms. The predicted octanol–water partition coefficient (Wildman–Crippen LogP) is 4.42. The maximum absolute atomic E-state index is 9.07. The summed E-state index contributed by atoms with van der Waals surface area (Å²) in [6.07, 6.45) is 1.64.